The number of carbonyl (C=O) groups is 2. The molecule has 0 aliphatic heterocycles. The van der Waals surface area contributed by atoms with Crippen molar-refractivity contribution in [1.82, 2.24) is 9.47 Å². The van der Waals surface area contributed by atoms with Gasteiger partial charge in [0.1, 0.15) is 0 Å². The monoisotopic (exact) mass is 278 g/mol. The number of hydrogen-bond acceptors (Lipinski definition) is 3. The summed E-state index contributed by atoms with van der Waals surface area (Å²) in [7, 11) is 1.98. The average Bonchev–Trinajstić information content (AvgIpc) is 3.18. The van der Waals surface area contributed by atoms with Crippen LogP contribution in [0.2, 0.25) is 0 Å². The molecule has 0 atom stereocenters. The smallest absolute Gasteiger partial charge is 0.306 e. The van der Waals surface area contributed by atoms with Crippen molar-refractivity contribution in [3.8, 4) is 0 Å². The largest absolute Gasteiger partial charge is 0.466 e. The van der Waals surface area contributed by atoms with Gasteiger partial charge in [0.15, 0.2) is 0 Å². The third-order valence-electron chi connectivity index (χ3n) is 3.54. The zero-order chi connectivity index (χ0) is 14.5. The van der Waals surface area contributed by atoms with Crippen LogP contribution in [0.1, 0.15) is 38.3 Å². The molecule has 1 aromatic heterocycles. The molecule has 1 fully saturated rings. The molecule has 0 saturated heterocycles. The van der Waals surface area contributed by atoms with Gasteiger partial charge in [0.25, 0.3) is 0 Å². The van der Waals surface area contributed by atoms with Gasteiger partial charge in [-0.05, 0) is 31.9 Å². The molecule has 1 amide bonds. The zero-order valence-electron chi connectivity index (χ0n) is 12.2. The van der Waals surface area contributed by atoms with Gasteiger partial charge in [-0.1, -0.05) is 0 Å². The lowest BCUT2D eigenvalue weighted by Gasteiger charge is -2.22. The number of esters is 1. The summed E-state index contributed by atoms with van der Waals surface area (Å²) in [4.78, 5) is 25.5. The van der Waals surface area contributed by atoms with E-state index in [4.69, 9.17) is 4.74 Å². The molecule has 0 bridgehead atoms. The first-order valence-electron chi connectivity index (χ1n) is 7.17. The van der Waals surface area contributed by atoms with E-state index in [9.17, 15) is 9.59 Å². The van der Waals surface area contributed by atoms with Crippen molar-refractivity contribution in [3.63, 3.8) is 0 Å². The molecule has 0 unspecified atom stereocenters. The van der Waals surface area contributed by atoms with Crippen molar-refractivity contribution in [3.05, 3.63) is 24.0 Å². The van der Waals surface area contributed by atoms with E-state index in [0.717, 1.165) is 18.5 Å². The predicted molar refractivity (Wildman–Crippen MR) is 74.9 cm³/mol. The molecule has 1 saturated carbocycles. The highest BCUT2D eigenvalue weighted by molar-refractivity contribution is 5.81. The molecule has 0 aromatic carbocycles. The van der Waals surface area contributed by atoms with Crippen molar-refractivity contribution in [1.29, 1.82) is 0 Å². The molecule has 5 nitrogen and oxygen atoms in total. The van der Waals surface area contributed by atoms with Crippen LogP contribution < -0.4 is 0 Å². The Bertz CT molecular complexity index is 477. The number of aryl methyl sites for hydroxylation is 1. The molecule has 1 heterocycles. The number of carbonyl (C=O) groups excluding carboxylic acids is 2. The summed E-state index contributed by atoms with van der Waals surface area (Å²) in [6.07, 6.45) is 4.51. The number of ether oxygens (including phenoxy) is 1. The van der Waals surface area contributed by atoms with Gasteiger partial charge in [0.2, 0.25) is 5.91 Å². The molecule has 0 radical (unpaired) electrons. The maximum Gasteiger partial charge on any atom is 0.306 e. The summed E-state index contributed by atoms with van der Waals surface area (Å²) in [5.74, 6) is -0.253. The van der Waals surface area contributed by atoms with Crippen molar-refractivity contribution in [2.75, 3.05) is 6.61 Å². The van der Waals surface area contributed by atoms with E-state index in [1.165, 1.54) is 0 Å². The number of aromatic nitrogens is 1. The van der Waals surface area contributed by atoms with Crippen LogP contribution in [0.15, 0.2) is 18.3 Å². The van der Waals surface area contributed by atoms with E-state index in [1.807, 2.05) is 34.8 Å². The predicted octanol–water partition coefficient (Wildman–Crippen LogP) is 1.86. The Morgan fingerprint density at radius 3 is 2.70 bits per heavy atom. The summed E-state index contributed by atoms with van der Waals surface area (Å²) in [5, 5.41) is 0. The number of nitrogens with zero attached hydrogens (tertiary/aromatic N) is 2. The maximum absolute atomic E-state index is 12.3. The van der Waals surface area contributed by atoms with Crippen LogP contribution in [0.5, 0.6) is 0 Å². The van der Waals surface area contributed by atoms with Gasteiger partial charge in [0.05, 0.1) is 19.6 Å². The minimum absolute atomic E-state index is 0.0433. The Balaban J connectivity index is 1.90. The summed E-state index contributed by atoms with van der Waals surface area (Å²) < 4.78 is 6.88. The lowest BCUT2D eigenvalue weighted by Crippen LogP contribution is -2.33. The highest BCUT2D eigenvalue weighted by Crippen LogP contribution is 2.29. The molecular formula is C15H22N2O3. The van der Waals surface area contributed by atoms with Gasteiger partial charge in [-0.25, -0.2) is 0 Å². The first-order valence-corrected chi connectivity index (χ1v) is 7.17. The van der Waals surface area contributed by atoms with Crippen LogP contribution in [0, 0.1) is 0 Å². The van der Waals surface area contributed by atoms with E-state index in [2.05, 4.69) is 0 Å². The van der Waals surface area contributed by atoms with E-state index in [-0.39, 0.29) is 24.7 Å². The van der Waals surface area contributed by atoms with Gasteiger partial charge in [-0.2, -0.15) is 0 Å². The van der Waals surface area contributed by atoms with Crippen LogP contribution in [0.3, 0.4) is 0 Å². The number of rotatable bonds is 7. The summed E-state index contributed by atoms with van der Waals surface area (Å²) >= 11 is 0. The Morgan fingerprint density at radius 2 is 2.15 bits per heavy atom. The zero-order valence-corrected chi connectivity index (χ0v) is 12.2. The Hall–Kier alpha value is -1.78. The van der Waals surface area contributed by atoms with Gasteiger partial charge < -0.3 is 14.2 Å². The van der Waals surface area contributed by atoms with Crippen molar-refractivity contribution >= 4 is 11.9 Å². The summed E-state index contributed by atoms with van der Waals surface area (Å²) in [6, 6.07) is 4.34. The molecule has 0 N–H and O–H groups in total. The average molecular weight is 278 g/mol. The van der Waals surface area contributed by atoms with Crippen molar-refractivity contribution in [2.45, 2.75) is 45.2 Å². The molecule has 1 aliphatic carbocycles. The maximum atomic E-state index is 12.3. The fraction of sp³-hybridized carbons (Fsp3) is 0.600. The lowest BCUT2D eigenvalue weighted by atomic mass is 10.2. The highest BCUT2D eigenvalue weighted by atomic mass is 16.5. The molecule has 0 spiro atoms. The van der Waals surface area contributed by atoms with Crippen LogP contribution in [-0.2, 0) is 27.9 Å². The number of amides is 1. The standard InChI is InChI=1S/C15H22N2O3/c1-3-20-15(19)9-8-14(18)17(12-6-7-12)11-13-5-4-10-16(13)2/h4-5,10,12H,3,6-9,11H2,1-2H3. The topological polar surface area (TPSA) is 51.5 Å². The quantitative estimate of drug-likeness (QED) is 0.715. The van der Waals surface area contributed by atoms with E-state index >= 15 is 0 Å². The van der Waals surface area contributed by atoms with Gasteiger partial charge in [-0.15, -0.1) is 0 Å². The second kappa shape index (κ2) is 6.59. The first kappa shape index (κ1) is 14.6. The fourth-order valence-corrected chi connectivity index (χ4v) is 2.23. The van der Waals surface area contributed by atoms with Gasteiger partial charge >= 0.3 is 5.97 Å². The van der Waals surface area contributed by atoms with Crippen LogP contribution in [-0.4, -0.2) is 34.0 Å². The molecule has 2 rings (SSSR count). The molecule has 1 aromatic rings. The van der Waals surface area contributed by atoms with Crippen LogP contribution in [0.4, 0.5) is 0 Å². The molecule has 20 heavy (non-hydrogen) atoms. The first-order chi connectivity index (χ1) is 9.61. The summed E-state index contributed by atoms with van der Waals surface area (Å²) in [6.45, 7) is 2.75. The second-order valence-corrected chi connectivity index (χ2v) is 5.17. The Kier molecular flexibility index (Phi) is 4.82. The SMILES string of the molecule is CCOC(=O)CCC(=O)N(Cc1cccn1C)C1CC1. The number of hydrogen-bond donors (Lipinski definition) is 0. The van der Waals surface area contributed by atoms with Crippen LogP contribution in [0.25, 0.3) is 0 Å². The second-order valence-electron chi connectivity index (χ2n) is 5.17. The van der Waals surface area contributed by atoms with E-state index in [1.54, 1.807) is 6.92 Å². The molecule has 1 aliphatic rings. The van der Waals surface area contributed by atoms with Gasteiger partial charge in [-0.3, -0.25) is 9.59 Å². The summed E-state index contributed by atoms with van der Waals surface area (Å²) in [5.41, 5.74) is 1.11. The molecular weight excluding hydrogens is 256 g/mol. The van der Waals surface area contributed by atoms with E-state index < -0.39 is 0 Å². The Morgan fingerprint density at radius 1 is 1.40 bits per heavy atom. The molecule has 5 heteroatoms. The van der Waals surface area contributed by atoms with Crippen LogP contribution >= 0.6 is 0 Å². The lowest BCUT2D eigenvalue weighted by molar-refractivity contribution is -0.146. The third-order valence-corrected chi connectivity index (χ3v) is 3.54. The fourth-order valence-electron chi connectivity index (χ4n) is 2.23. The van der Waals surface area contributed by atoms with E-state index in [0.29, 0.717) is 19.2 Å². The van der Waals surface area contributed by atoms with Crippen molar-refractivity contribution in [2.24, 2.45) is 7.05 Å². The highest BCUT2D eigenvalue weighted by Gasteiger charge is 2.32. The Labute approximate surface area is 119 Å². The minimum atomic E-state index is -0.296. The van der Waals surface area contributed by atoms with Gasteiger partial charge in [0, 0.05) is 31.4 Å². The third kappa shape index (κ3) is 3.85. The minimum Gasteiger partial charge on any atom is -0.466 e. The molecule has 110 valence electrons. The van der Waals surface area contributed by atoms with Crippen molar-refractivity contribution < 1.29 is 14.3 Å². The normalized spacial score (nSPS) is 14.1.